The molecule has 1 unspecified atom stereocenters. The third kappa shape index (κ3) is 5.71. The van der Waals surface area contributed by atoms with Crippen molar-refractivity contribution in [1.82, 2.24) is 9.55 Å². The van der Waals surface area contributed by atoms with Crippen molar-refractivity contribution in [3.8, 4) is 0 Å². The van der Waals surface area contributed by atoms with Gasteiger partial charge in [0.25, 0.3) is 0 Å². The van der Waals surface area contributed by atoms with Crippen LogP contribution in [0.1, 0.15) is 33.4 Å². The monoisotopic (exact) mass is 624 g/mol. The molecule has 4 aromatic rings. The molecule has 5 rings (SSSR count). The standard InChI is InChI=1S/C31H33FN2O4SeSi/c1-31(2,3)40(24-15-9-5-10-16-24,25-17-11-6-12-18-25)37-21-22-19-27(39-23-13-7-4-8-14-23)29(38-22)34-20-26(32)28(35)33-30(34)36/h4-18,20,22,27,29H,19,21H2,1-3H3,(H,33,35,36)/t22-,27+,29?/m0/s1. The zero-order valence-corrected chi connectivity index (χ0v) is 25.5. The van der Waals surface area contributed by atoms with E-state index < -0.39 is 31.6 Å². The van der Waals surface area contributed by atoms with E-state index in [1.807, 2.05) is 54.6 Å². The van der Waals surface area contributed by atoms with Crippen molar-refractivity contribution in [2.45, 2.75) is 49.4 Å². The molecule has 9 heteroatoms. The van der Waals surface area contributed by atoms with Crippen LogP contribution in [0.5, 0.6) is 0 Å². The predicted octanol–water partition coefficient (Wildman–Crippen LogP) is 3.36. The number of aromatic nitrogens is 2. The Morgan fingerprint density at radius 1 is 0.950 bits per heavy atom. The van der Waals surface area contributed by atoms with Gasteiger partial charge in [-0.05, 0) is 0 Å². The summed E-state index contributed by atoms with van der Waals surface area (Å²) in [5, 5.41) is 2.15. The Kier molecular flexibility index (Phi) is 8.40. The average molecular weight is 624 g/mol. The summed E-state index contributed by atoms with van der Waals surface area (Å²) in [7, 11) is -2.79. The topological polar surface area (TPSA) is 73.3 Å². The van der Waals surface area contributed by atoms with E-state index in [9.17, 15) is 14.0 Å². The van der Waals surface area contributed by atoms with Gasteiger partial charge in [0, 0.05) is 0 Å². The van der Waals surface area contributed by atoms with Gasteiger partial charge < -0.3 is 0 Å². The first kappa shape index (κ1) is 28.5. The minimum absolute atomic E-state index is 0.0642. The maximum atomic E-state index is 14.3. The number of nitrogens with one attached hydrogen (secondary N) is 1. The molecule has 0 aliphatic carbocycles. The van der Waals surface area contributed by atoms with Gasteiger partial charge in [-0.2, -0.15) is 0 Å². The minimum atomic E-state index is -2.79. The number of aromatic amines is 1. The number of H-pyrrole nitrogens is 1. The Morgan fingerprint density at radius 2 is 1.50 bits per heavy atom. The number of hydrogen-bond donors (Lipinski definition) is 1. The van der Waals surface area contributed by atoms with Crippen LogP contribution >= 0.6 is 0 Å². The molecule has 0 saturated carbocycles. The fraction of sp³-hybridized carbons (Fsp3) is 0.290. The Bertz CT molecular complexity index is 1500. The molecule has 0 radical (unpaired) electrons. The van der Waals surface area contributed by atoms with Crippen molar-refractivity contribution < 1.29 is 13.6 Å². The summed E-state index contributed by atoms with van der Waals surface area (Å²) in [6.45, 7) is 7.00. The van der Waals surface area contributed by atoms with E-state index in [4.69, 9.17) is 9.16 Å². The molecule has 40 heavy (non-hydrogen) atoms. The average Bonchev–Trinajstić information content (AvgIpc) is 3.34. The van der Waals surface area contributed by atoms with Crippen LogP contribution in [-0.2, 0) is 9.16 Å². The Morgan fingerprint density at radius 3 is 2.05 bits per heavy atom. The SMILES string of the molecule is CC(C)(C)[Si](OC[C@@H]1C[C@@H]([Se]c2ccccc2)C(n2cc(F)c(=O)[nH]c2=O)O1)(c1ccccc1)c1ccccc1. The molecule has 0 spiro atoms. The van der Waals surface area contributed by atoms with Gasteiger partial charge in [-0.1, -0.05) is 0 Å². The second kappa shape index (κ2) is 11.8. The second-order valence-corrected chi connectivity index (χ2v) is 18.0. The third-order valence-electron chi connectivity index (χ3n) is 7.28. The molecule has 1 aliphatic heterocycles. The van der Waals surface area contributed by atoms with Gasteiger partial charge in [0.1, 0.15) is 0 Å². The van der Waals surface area contributed by atoms with Gasteiger partial charge in [0.05, 0.1) is 0 Å². The quantitative estimate of drug-likeness (QED) is 0.306. The van der Waals surface area contributed by atoms with Crippen molar-refractivity contribution in [2.75, 3.05) is 6.61 Å². The van der Waals surface area contributed by atoms with Crippen molar-refractivity contribution in [2.24, 2.45) is 0 Å². The van der Waals surface area contributed by atoms with E-state index in [0.29, 0.717) is 13.0 Å². The maximum absolute atomic E-state index is 14.3. The molecule has 2 heterocycles. The Hall–Kier alpha value is -3.07. The number of nitrogens with zero attached hydrogens (tertiary/aromatic N) is 1. The van der Waals surface area contributed by atoms with Crippen LogP contribution in [-0.4, -0.2) is 45.5 Å². The molecule has 1 aromatic heterocycles. The van der Waals surface area contributed by atoms with Crippen LogP contribution in [0.3, 0.4) is 0 Å². The van der Waals surface area contributed by atoms with Crippen LogP contribution in [0, 0.1) is 5.82 Å². The summed E-state index contributed by atoms with van der Waals surface area (Å²) < 4.78 is 30.2. The van der Waals surface area contributed by atoms with E-state index >= 15 is 0 Å². The van der Waals surface area contributed by atoms with Crippen LogP contribution in [0.2, 0.25) is 9.85 Å². The van der Waals surface area contributed by atoms with Crippen LogP contribution in [0.4, 0.5) is 4.39 Å². The molecule has 0 bridgehead atoms. The van der Waals surface area contributed by atoms with Crippen LogP contribution in [0.25, 0.3) is 0 Å². The van der Waals surface area contributed by atoms with E-state index in [2.05, 4.69) is 62.2 Å². The first-order chi connectivity index (χ1) is 19.2. The Balaban J connectivity index is 1.49. The van der Waals surface area contributed by atoms with Gasteiger partial charge in [-0.15, -0.1) is 0 Å². The summed E-state index contributed by atoms with van der Waals surface area (Å²) in [4.78, 5) is 26.5. The van der Waals surface area contributed by atoms with Gasteiger partial charge in [0.15, 0.2) is 0 Å². The number of hydrogen-bond acceptors (Lipinski definition) is 4. The van der Waals surface area contributed by atoms with Gasteiger partial charge in [0.2, 0.25) is 0 Å². The van der Waals surface area contributed by atoms with Gasteiger partial charge in [-0.3, -0.25) is 0 Å². The molecule has 208 valence electrons. The molecule has 1 fully saturated rings. The second-order valence-electron chi connectivity index (χ2n) is 11.0. The summed E-state index contributed by atoms with van der Waals surface area (Å²) in [6.07, 6.45) is 0.576. The molecule has 1 N–H and O–H groups in total. The van der Waals surface area contributed by atoms with Gasteiger partial charge >= 0.3 is 241 Å². The first-order valence-electron chi connectivity index (χ1n) is 13.3. The number of benzene rings is 3. The van der Waals surface area contributed by atoms with E-state index in [1.165, 1.54) is 14.9 Å². The summed E-state index contributed by atoms with van der Waals surface area (Å²) in [5.74, 6) is -1.01. The molecular weight excluding hydrogens is 590 g/mol. The summed E-state index contributed by atoms with van der Waals surface area (Å²) >= 11 is -0.0653. The van der Waals surface area contributed by atoms with Crippen LogP contribution < -0.4 is 26.1 Å². The molecular formula is C31H33FN2O4SeSi. The van der Waals surface area contributed by atoms with E-state index in [0.717, 1.165) is 10.7 Å². The van der Waals surface area contributed by atoms with Crippen molar-refractivity contribution >= 4 is 38.1 Å². The molecule has 3 atom stereocenters. The van der Waals surface area contributed by atoms with Crippen molar-refractivity contribution in [3.63, 3.8) is 0 Å². The summed E-state index contributed by atoms with van der Waals surface area (Å²) in [6, 6.07) is 30.8. The molecule has 1 aliphatic rings. The number of halogens is 1. The molecule has 1 saturated heterocycles. The number of ether oxygens (including phenoxy) is 1. The zero-order valence-electron chi connectivity index (χ0n) is 22.8. The van der Waals surface area contributed by atoms with Crippen molar-refractivity contribution in [1.29, 1.82) is 0 Å². The van der Waals surface area contributed by atoms with Gasteiger partial charge in [-0.25, -0.2) is 0 Å². The first-order valence-corrected chi connectivity index (χ1v) is 17.1. The number of rotatable bonds is 8. The normalized spacial score (nSPS) is 19.6. The van der Waals surface area contributed by atoms with Crippen molar-refractivity contribution in [3.05, 3.63) is 124 Å². The zero-order chi connectivity index (χ0) is 28.3. The predicted molar refractivity (Wildman–Crippen MR) is 159 cm³/mol. The fourth-order valence-electron chi connectivity index (χ4n) is 5.48. The van der Waals surface area contributed by atoms with E-state index in [-0.39, 0.29) is 30.9 Å². The summed E-state index contributed by atoms with van der Waals surface area (Å²) in [5.41, 5.74) is -1.71. The Labute approximate surface area is 240 Å². The third-order valence-corrected chi connectivity index (χ3v) is 15.0. The molecule has 0 amide bonds. The molecule has 6 nitrogen and oxygen atoms in total. The van der Waals surface area contributed by atoms with Crippen LogP contribution in [0.15, 0.2) is 107 Å². The van der Waals surface area contributed by atoms with E-state index in [1.54, 1.807) is 0 Å². The molecule has 3 aromatic carbocycles. The fourth-order valence-corrected chi connectivity index (χ4v) is 12.8.